The summed E-state index contributed by atoms with van der Waals surface area (Å²) in [6.07, 6.45) is 10.2. The molecule has 4 aromatic rings. The van der Waals surface area contributed by atoms with Gasteiger partial charge in [-0.05, 0) is 55.2 Å². The zero-order valence-electron chi connectivity index (χ0n) is 16.6. The molecule has 148 valence electrons. The quantitative estimate of drug-likeness (QED) is 0.487. The monoisotopic (exact) mass is 394 g/mol. The minimum absolute atomic E-state index is 0.0521. The highest BCUT2D eigenvalue weighted by atomic mass is 16.2. The van der Waals surface area contributed by atoms with Crippen molar-refractivity contribution in [1.82, 2.24) is 19.9 Å². The number of hydrogen-bond acceptors (Lipinski definition) is 4. The molecule has 5 nitrogen and oxygen atoms in total. The van der Waals surface area contributed by atoms with E-state index in [-0.39, 0.29) is 11.9 Å². The summed E-state index contributed by atoms with van der Waals surface area (Å²) >= 11 is 0. The second-order valence-corrected chi connectivity index (χ2v) is 7.60. The Morgan fingerprint density at radius 2 is 1.80 bits per heavy atom. The van der Waals surface area contributed by atoms with Crippen LogP contribution < -0.4 is 0 Å². The van der Waals surface area contributed by atoms with Crippen LogP contribution in [0.4, 0.5) is 0 Å². The predicted octanol–water partition coefficient (Wildman–Crippen LogP) is 5.06. The molecule has 30 heavy (non-hydrogen) atoms. The van der Waals surface area contributed by atoms with E-state index in [0.717, 1.165) is 53.5 Å². The predicted molar refractivity (Wildman–Crippen MR) is 117 cm³/mol. The van der Waals surface area contributed by atoms with Gasteiger partial charge in [-0.25, -0.2) is 4.98 Å². The van der Waals surface area contributed by atoms with E-state index in [9.17, 15) is 4.79 Å². The molecule has 1 amide bonds. The number of aromatic nitrogens is 3. The van der Waals surface area contributed by atoms with Gasteiger partial charge in [0.1, 0.15) is 0 Å². The third-order valence-corrected chi connectivity index (χ3v) is 5.76. The number of piperidine rings is 1. The maximum atomic E-state index is 13.8. The summed E-state index contributed by atoms with van der Waals surface area (Å²) < 4.78 is 0. The van der Waals surface area contributed by atoms with Crippen LogP contribution in [-0.2, 0) is 0 Å². The smallest absolute Gasteiger partial charge is 0.255 e. The molecule has 1 fully saturated rings. The van der Waals surface area contributed by atoms with Crippen LogP contribution in [0.2, 0.25) is 0 Å². The van der Waals surface area contributed by atoms with Crippen LogP contribution in [0.25, 0.3) is 22.2 Å². The molecule has 1 saturated heterocycles. The van der Waals surface area contributed by atoms with E-state index in [0.29, 0.717) is 5.56 Å². The van der Waals surface area contributed by atoms with Gasteiger partial charge in [0.15, 0.2) is 0 Å². The molecule has 5 heteroatoms. The van der Waals surface area contributed by atoms with Crippen molar-refractivity contribution in [1.29, 1.82) is 0 Å². The molecule has 0 aliphatic carbocycles. The molecule has 0 N–H and O–H groups in total. The lowest BCUT2D eigenvalue weighted by molar-refractivity contribution is 0.0613. The first-order valence-electron chi connectivity index (χ1n) is 10.3. The van der Waals surface area contributed by atoms with Gasteiger partial charge in [0.25, 0.3) is 5.91 Å². The molecule has 0 bridgehead atoms. The zero-order valence-corrected chi connectivity index (χ0v) is 16.6. The summed E-state index contributed by atoms with van der Waals surface area (Å²) in [5.41, 5.74) is 4.35. The Kier molecular flexibility index (Phi) is 4.93. The fourth-order valence-corrected chi connectivity index (χ4v) is 4.27. The highest BCUT2D eigenvalue weighted by Gasteiger charge is 2.30. The Morgan fingerprint density at radius 1 is 0.933 bits per heavy atom. The van der Waals surface area contributed by atoms with Crippen molar-refractivity contribution in [3.05, 3.63) is 90.5 Å². The molecular weight excluding hydrogens is 372 g/mol. The van der Waals surface area contributed by atoms with E-state index in [1.165, 1.54) is 0 Å². The molecule has 0 unspecified atom stereocenters. The summed E-state index contributed by atoms with van der Waals surface area (Å²) in [7, 11) is 0. The Morgan fingerprint density at radius 3 is 2.63 bits per heavy atom. The van der Waals surface area contributed by atoms with Crippen molar-refractivity contribution in [2.75, 3.05) is 6.54 Å². The molecular formula is C25H22N4O. The number of para-hydroxylation sites is 1. The Labute approximate surface area is 175 Å². The van der Waals surface area contributed by atoms with Crippen LogP contribution in [0.5, 0.6) is 0 Å². The topological polar surface area (TPSA) is 59.0 Å². The van der Waals surface area contributed by atoms with E-state index in [1.807, 2.05) is 59.6 Å². The number of amides is 1. The highest BCUT2D eigenvalue weighted by Crippen LogP contribution is 2.33. The minimum atomic E-state index is 0.0521. The van der Waals surface area contributed by atoms with Crippen LogP contribution in [0.1, 0.15) is 41.2 Å². The van der Waals surface area contributed by atoms with E-state index >= 15 is 0 Å². The molecule has 5 rings (SSSR count). The minimum Gasteiger partial charge on any atom is -0.332 e. The zero-order chi connectivity index (χ0) is 20.3. The average Bonchev–Trinajstić information content (AvgIpc) is 2.84. The van der Waals surface area contributed by atoms with Gasteiger partial charge in [-0.1, -0.05) is 24.3 Å². The largest absolute Gasteiger partial charge is 0.332 e. The van der Waals surface area contributed by atoms with Crippen LogP contribution in [0.3, 0.4) is 0 Å². The van der Waals surface area contributed by atoms with Crippen molar-refractivity contribution in [2.45, 2.75) is 25.3 Å². The van der Waals surface area contributed by atoms with E-state index in [4.69, 9.17) is 4.98 Å². The first-order valence-corrected chi connectivity index (χ1v) is 10.3. The molecule has 4 heterocycles. The van der Waals surface area contributed by atoms with Crippen LogP contribution in [0, 0.1) is 0 Å². The SMILES string of the molecule is O=C(c1cc(-c2ccncc2)nc2ccccc12)N1CCCC[C@H]1c1cccnc1. The molecule has 1 atom stereocenters. The highest BCUT2D eigenvalue weighted by molar-refractivity contribution is 6.07. The summed E-state index contributed by atoms with van der Waals surface area (Å²) in [4.78, 5) is 29.0. The van der Waals surface area contributed by atoms with Gasteiger partial charge in [-0.15, -0.1) is 0 Å². The number of carbonyl (C=O) groups excluding carboxylic acids is 1. The van der Waals surface area contributed by atoms with Gasteiger partial charge in [0.2, 0.25) is 0 Å². The van der Waals surface area contributed by atoms with E-state index in [1.54, 1.807) is 18.6 Å². The number of fused-ring (bicyclic) bond motifs is 1. The third-order valence-electron chi connectivity index (χ3n) is 5.76. The second-order valence-electron chi connectivity index (χ2n) is 7.60. The molecule has 0 radical (unpaired) electrons. The van der Waals surface area contributed by atoms with Gasteiger partial charge < -0.3 is 4.90 Å². The Balaban J connectivity index is 1.61. The number of likely N-dealkylation sites (tertiary alicyclic amines) is 1. The van der Waals surface area contributed by atoms with Crippen molar-refractivity contribution in [3.8, 4) is 11.3 Å². The molecule has 0 spiro atoms. The molecule has 1 aliphatic rings. The third kappa shape index (κ3) is 3.43. The van der Waals surface area contributed by atoms with Crippen molar-refractivity contribution in [3.63, 3.8) is 0 Å². The van der Waals surface area contributed by atoms with Gasteiger partial charge in [0, 0.05) is 42.3 Å². The summed E-state index contributed by atoms with van der Waals surface area (Å²) in [5, 5.41) is 0.885. The van der Waals surface area contributed by atoms with Crippen molar-refractivity contribution in [2.24, 2.45) is 0 Å². The normalized spacial score (nSPS) is 16.5. The molecule has 1 aliphatic heterocycles. The lowest BCUT2D eigenvalue weighted by Gasteiger charge is -2.36. The first-order chi connectivity index (χ1) is 14.8. The van der Waals surface area contributed by atoms with E-state index < -0.39 is 0 Å². The molecule has 1 aromatic carbocycles. The second kappa shape index (κ2) is 8.03. The summed E-state index contributed by atoms with van der Waals surface area (Å²) in [6, 6.07) is 17.7. The lowest BCUT2D eigenvalue weighted by Crippen LogP contribution is -2.38. The lowest BCUT2D eigenvalue weighted by atomic mass is 9.94. The summed E-state index contributed by atoms with van der Waals surface area (Å²) in [5.74, 6) is 0.0532. The summed E-state index contributed by atoms with van der Waals surface area (Å²) in [6.45, 7) is 0.750. The number of hydrogen-bond donors (Lipinski definition) is 0. The Hall–Kier alpha value is -3.60. The standard InChI is InChI=1S/C25H22N4O/c30-25(29-15-4-3-9-24(29)19-6-5-12-27-17-19)21-16-23(18-10-13-26-14-11-18)28-22-8-2-1-7-20(21)22/h1-2,5-8,10-14,16-17,24H,3-4,9,15H2/t24-/m0/s1. The fraction of sp³-hybridized carbons (Fsp3) is 0.200. The van der Waals surface area contributed by atoms with Crippen LogP contribution in [-0.4, -0.2) is 32.3 Å². The number of rotatable bonds is 3. The fourth-order valence-electron chi connectivity index (χ4n) is 4.27. The maximum absolute atomic E-state index is 13.8. The van der Waals surface area contributed by atoms with Crippen LogP contribution in [0.15, 0.2) is 79.4 Å². The van der Waals surface area contributed by atoms with Gasteiger partial charge in [-0.2, -0.15) is 0 Å². The maximum Gasteiger partial charge on any atom is 0.255 e. The molecule has 0 saturated carbocycles. The van der Waals surface area contributed by atoms with Crippen LogP contribution >= 0.6 is 0 Å². The van der Waals surface area contributed by atoms with Crippen molar-refractivity contribution >= 4 is 16.8 Å². The van der Waals surface area contributed by atoms with Gasteiger partial charge in [0.05, 0.1) is 22.8 Å². The van der Waals surface area contributed by atoms with Gasteiger partial charge in [-0.3, -0.25) is 14.8 Å². The van der Waals surface area contributed by atoms with Gasteiger partial charge >= 0.3 is 0 Å². The van der Waals surface area contributed by atoms with E-state index in [2.05, 4.69) is 16.0 Å². The number of carbonyl (C=O) groups is 1. The average molecular weight is 394 g/mol. The first kappa shape index (κ1) is 18.4. The number of benzene rings is 1. The molecule has 3 aromatic heterocycles. The van der Waals surface area contributed by atoms with Crippen molar-refractivity contribution < 1.29 is 4.79 Å². The Bertz CT molecular complexity index is 1180. The number of nitrogens with zero attached hydrogens (tertiary/aromatic N) is 4. The number of pyridine rings is 3.